The quantitative estimate of drug-likeness (QED) is 0.313. The van der Waals surface area contributed by atoms with Gasteiger partial charge in [0.25, 0.3) is 0 Å². The highest BCUT2D eigenvalue weighted by Gasteiger charge is 2.53. The summed E-state index contributed by atoms with van der Waals surface area (Å²) in [6, 6.07) is 0. The minimum Gasteiger partial charge on any atom is -0.463 e. The number of carbonyl (C=O) groups excluding carboxylic acids is 5. The first-order chi connectivity index (χ1) is 14.0. The van der Waals surface area contributed by atoms with Crippen molar-refractivity contribution >= 4 is 30.0 Å². The molecule has 0 radical (unpaired) electrons. The standard InChI is InChI=1S/C18H25NO11/c1-6-7-19-18(24)30-17-16(28-12(5)23)15(27-11(4)22)14(26-10(3)21)13(29-17)8-25-9(2)20/h6,13-17H,1,7-8H2,2-5H3,(H,19,24)/t13-,14+,15+,16-,17?/m1/s1. The van der Waals surface area contributed by atoms with Gasteiger partial charge in [-0.1, -0.05) is 6.08 Å². The number of amides is 1. The highest BCUT2D eigenvalue weighted by atomic mass is 16.8. The lowest BCUT2D eigenvalue weighted by Crippen LogP contribution is -2.63. The van der Waals surface area contributed by atoms with Gasteiger partial charge in [0.15, 0.2) is 12.2 Å². The maximum atomic E-state index is 12.0. The van der Waals surface area contributed by atoms with Crippen LogP contribution in [-0.4, -0.2) is 73.8 Å². The van der Waals surface area contributed by atoms with Gasteiger partial charge in [0.05, 0.1) is 0 Å². The van der Waals surface area contributed by atoms with Gasteiger partial charge in [0.2, 0.25) is 12.4 Å². The van der Waals surface area contributed by atoms with E-state index in [1.54, 1.807) is 0 Å². The third-order valence-corrected chi connectivity index (χ3v) is 3.56. The minimum absolute atomic E-state index is 0.0735. The first kappa shape index (κ1) is 24.9. The van der Waals surface area contributed by atoms with Gasteiger partial charge in [-0.25, -0.2) is 4.79 Å². The number of carbonyl (C=O) groups is 5. The van der Waals surface area contributed by atoms with Gasteiger partial charge in [-0.2, -0.15) is 0 Å². The summed E-state index contributed by atoms with van der Waals surface area (Å²) in [5.41, 5.74) is 0. The molecule has 1 N–H and O–H groups in total. The average molecular weight is 431 g/mol. The van der Waals surface area contributed by atoms with Crippen molar-refractivity contribution in [2.75, 3.05) is 13.2 Å². The minimum atomic E-state index is -1.57. The lowest BCUT2D eigenvalue weighted by atomic mass is 9.98. The van der Waals surface area contributed by atoms with Crippen molar-refractivity contribution in [3.05, 3.63) is 12.7 Å². The van der Waals surface area contributed by atoms with Crippen molar-refractivity contribution in [3.63, 3.8) is 0 Å². The van der Waals surface area contributed by atoms with Gasteiger partial charge < -0.3 is 33.7 Å². The van der Waals surface area contributed by atoms with Crippen LogP contribution < -0.4 is 5.32 Å². The SMILES string of the molecule is C=CCNC(=O)OC1O[C@H](COC(C)=O)[C@H](OC(C)=O)[C@H](OC(C)=O)[C@H]1OC(C)=O. The van der Waals surface area contributed by atoms with Crippen LogP contribution in [0.2, 0.25) is 0 Å². The Balaban J connectivity index is 3.28. The summed E-state index contributed by atoms with van der Waals surface area (Å²) in [6.45, 7) is 7.49. The monoisotopic (exact) mass is 431 g/mol. The molecule has 30 heavy (non-hydrogen) atoms. The Morgan fingerprint density at radius 2 is 1.37 bits per heavy atom. The molecule has 0 aromatic carbocycles. The van der Waals surface area contributed by atoms with Crippen LogP contribution in [0.25, 0.3) is 0 Å². The number of ether oxygens (including phenoxy) is 6. The first-order valence-electron chi connectivity index (χ1n) is 8.91. The number of rotatable bonds is 8. The van der Waals surface area contributed by atoms with Crippen molar-refractivity contribution in [1.29, 1.82) is 0 Å². The second-order valence-corrected chi connectivity index (χ2v) is 6.14. The molecule has 1 aliphatic rings. The molecule has 0 saturated carbocycles. The van der Waals surface area contributed by atoms with Crippen molar-refractivity contribution in [2.45, 2.75) is 58.4 Å². The highest BCUT2D eigenvalue weighted by Crippen LogP contribution is 2.30. The fourth-order valence-corrected chi connectivity index (χ4v) is 2.59. The summed E-state index contributed by atoms with van der Waals surface area (Å²) >= 11 is 0. The number of hydrogen-bond donors (Lipinski definition) is 1. The highest BCUT2D eigenvalue weighted by molar-refractivity contribution is 5.69. The van der Waals surface area contributed by atoms with Crippen LogP contribution in [0.15, 0.2) is 12.7 Å². The van der Waals surface area contributed by atoms with Crippen molar-refractivity contribution in [3.8, 4) is 0 Å². The topological polar surface area (TPSA) is 153 Å². The van der Waals surface area contributed by atoms with Crippen LogP contribution in [0.5, 0.6) is 0 Å². The Labute approximate surface area is 172 Å². The molecule has 12 heteroatoms. The fourth-order valence-electron chi connectivity index (χ4n) is 2.59. The second kappa shape index (κ2) is 11.8. The Morgan fingerprint density at radius 1 is 0.833 bits per heavy atom. The van der Waals surface area contributed by atoms with Gasteiger partial charge >= 0.3 is 30.0 Å². The molecular formula is C18H25NO11. The van der Waals surface area contributed by atoms with Gasteiger partial charge in [0, 0.05) is 34.2 Å². The van der Waals surface area contributed by atoms with Crippen LogP contribution >= 0.6 is 0 Å². The van der Waals surface area contributed by atoms with Crippen LogP contribution in [0.3, 0.4) is 0 Å². The van der Waals surface area contributed by atoms with Crippen LogP contribution in [0, 0.1) is 0 Å². The molecule has 1 heterocycles. The predicted octanol–water partition coefficient (Wildman–Crippen LogP) is -0.0183. The number of nitrogens with one attached hydrogen (secondary N) is 1. The first-order valence-corrected chi connectivity index (χ1v) is 8.91. The zero-order valence-corrected chi connectivity index (χ0v) is 17.1. The number of esters is 4. The third-order valence-electron chi connectivity index (χ3n) is 3.56. The number of hydrogen-bond acceptors (Lipinski definition) is 11. The molecule has 0 spiro atoms. The zero-order chi connectivity index (χ0) is 22.8. The van der Waals surface area contributed by atoms with E-state index in [2.05, 4.69) is 11.9 Å². The van der Waals surface area contributed by atoms with Gasteiger partial charge in [-0.15, -0.1) is 6.58 Å². The van der Waals surface area contributed by atoms with E-state index in [1.807, 2.05) is 0 Å². The largest absolute Gasteiger partial charge is 0.463 e. The van der Waals surface area contributed by atoms with E-state index in [-0.39, 0.29) is 6.54 Å². The summed E-state index contributed by atoms with van der Waals surface area (Å²) in [6.07, 6.45) is -6.54. The second-order valence-electron chi connectivity index (χ2n) is 6.14. The van der Waals surface area contributed by atoms with E-state index in [1.165, 1.54) is 6.08 Å². The Kier molecular flexibility index (Phi) is 9.75. The average Bonchev–Trinajstić information content (AvgIpc) is 2.62. The molecule has 1 saturated heterocycles. The lowest BCUT2D eigenvalue weighted by molar-refractivity contribution is -0.294. The van der Waals surface area contributed by atoms with E-state index in [4.69, 9.17) is 28.4 Å². The Morgan fingerprint density at radius 3 is 1.87 bits per heavy atom. The third kappa shape index (κ3) is 8.07. The van der Waals surface area contributed by atoms with E-state index >= 15 is 0 Å². The molecule has 0 aliphatic carbocycles. The maximum absolute atomic E-state index is 12.0. The molecule has 5 atom stereocenters. The van der Waals surface area contributed by atoms with Crippen LogP contribution in [0.4, 0.5) is 4.79 Å². The van der Waals surface area contributed by atoms with Crippen molar-refractivity contribution in [2.24, 2.45) is 0 Å². The van der Waals surface area contributed by atoms with E-state index in [0.29, 0.717) is 0 Å². The van der Waals surface area contributed by atoms with Crippen LogP contribution in [0.1, 0.15) is 27.7 Å². The summed E-state index contributed by atoms with van der Waals surface area (Å²) < 4.78 is 31.2. The van der Waals surface area contributed by atoms with Gasteiger partial charge in [-0.05, 0) is 0 Å². The molecule has 168 valence electrons. The van der Waals surface area contributed by atoms with Gasteiger partial charge in [0.1, 0.15) is 12.7 Å². The molecule has 1 aliphatic heterocycles. The van der Waals surface area contributed by atoms with Crippen molar-refractivity contribution in [1.82, 2.24) is 5.32 Å². The molecule has 1 fully saturated rings. The van der Waals surface area contributed by atoms with E-state index < -0.39 is 67.3 Å². The van der Waals surface area contributed by atoms with E-state index in [9.17, 15) is 24.0 Å². The van der Waals surface area contributed by atoms with Crippen LogP contribution in [-0.2, 0) is 47.6 Å². The summed E-state index contributed by atoms with van der Waals surface area (Å²) in [7, 11) is 0. The lowest BCUT2D eigenvalue weighted by Gasteiger charge is -2.43. The molecule has 0 aromatic rings. The molecule has 0 bridgehead atoms. The summed E-state index contributed by atoms with van der Waals surface area (Å²) in [4.78, 5) is 58.1. The van der Waals surface area contributed by atoms with Crippen molar-refractivity contribution < 1.29 is 52.4 Å². The summed E-state index contributed by atoms with van der Waals surface area (Å²) in [5.74, 6) is -3.02. The molecule has 0 aromatic heterocycles. The maximum Gasteiger partial charge on any atom is 0.409 e. The van der Waals surface area contributed by atoms with Gasteiger partial charge in [-0.3, -0.25) is 19.2 Å². The smallest absolute Gasteiger partial charge is 0.409 e. The molecule has 1 amide bonds. The molecule has 1 unspecified atom stereocenters. The van der Waals surface area contributed by atoms with E-state index in [0.717, 1.165) is 27.7 Å². The Bertz CT molecular complexity index is 677. The Hall–Kier alpha value is -3.15. The normalized spacial score (nSPS) is 25.3. The summed E-state index contributed by atoms with van der Waals surface area (Å²) in [5, 5.41) is 2.34. The molecule has 12 nitrogen and oxygen atoms in total. The fraction of sp³-hybridized carbons (Fsp3) is 0.611. The molecular weight excluding hydrogens is 406 g/mol. The molecule has 1 rings (SSSR count). The predicted molar refractivity (Wildman–Crippen MR) is 96.6 cm³/mol. The number of alkyl carbamates (subject to hydrolysis) is 1. The zero-order valence-electron chi connectivity index (χ0n) is 17.1.